The first-order valence-corrected chi connectivity index (χ1v) is 11.2. The molecule has 8 nitrogen and oxygen atoms in total. The number of thioether (sulfide) groups is 1. The smallest absolute Gasteiger partial charge is 0.237 e. The van der Waals surface area contributed by atoms with Crippen molar-refractivity contribution < 1.29 is 14.3 Å². The van der Waals surface area contributed by atoms with Gasteiger partial charge in [-0.15, -0.1) is 10.2 Å². The van der Waals surface area contributed by atoms with Crippen LogP contribution in [0.1, 0.15) is 32.0 Å². The summed E-state index contributed by atoms with van der Waals surface area (Å²) in [5.41, 5.74) is 5.73. The van der Waals surface area contributed by atoms with Gasteiger partial charge in [0.15, 0.2) is 5.16 Å². The molecule has 1 aromatic carbocycles. The second kappa shape index (κ2) is 10.5. The van der Waals surface area contributed by atoms with E-state index >= 15 is 0 Å². The number of anilines is 1. The van der Waals surface area contributed by atoms with Crippen LogP contribution in [0.2, 0.25) is 10.0 Å². The van der Waals surface area contributed by atoms with Crippen molar-refractivity contribution in [3.63, 3.8) is 0 Å². The number of aromatic nitrogens is 3. The average molecular weight is 472 g/mol. The molecule has 1 aromatic heterocycles. The summed E-state index contributed by atoms with van der Waals surface area (Å²) in [4.78, 5) is 23.9. The van der Waals surface area contributed by atoms with Crippen molar-refractivity contribution in [3.8, 4) is 0 Å². The molecule has 0 bridgehead atoms. The number of carbonyl (C=O) groups excluding carboxylic acids is 2. The lowest BCUT2D eigenvalue weighted by Crippen LogP contribution is -2.24. The van der Waals surface area contributed by atoms with Crippen LogP contribution in [0, 0.1) is 0 Å². The molecule has 2 aromatic rings. The summed E-state index contributed by atoms with van der Waals surface area (Å²) < 4.78 is 7.65. The molecule has 2 unspecified atom stereocenters. The van der Waals surface area contributed by atoms with Crippen LogP contribution in [-0.4, -0.2) is 44.5 Å². The van der Waals surface area contributed by atoms with E-state index in [0.717, 1.165) is 19.4 Å². The van der Waals surface area contributed by atoms with Crippen LogP contribution >= 0.6 is 35.0 Å². The lowest BCUT2D eigenvalue weighted by Gasteiger charge is -2.16. The molecule has 2 amide bonds. The third-order valence-electron chi connectivity index (χ3n) is 4.66. The Morgan fingerprint density at radius 3 is 2.90 bits per heavy atom. The van der Waals surface area contributed by atoms with E-state index in [4.69, 9.17) is 33.7 Å². The molecule has 2 atom stereocenters. The number of nitrogens with one attached hydrogen (secondary N) is 1. The van der Waals surface area contributed by atoms with Crippen molar-refractivity contribution in [2.24, 2.45) is 5.73 Å². The van der Waals surface area contributed by atoms with Crippen LogP contribution < -0.4 is 11.1 Å². The predicted molar refractivity (Wildman–Crippen MR) is 117 cm³/mol. The highest BCUT2D eigenvalue weighted by Gasteiger charge is 2.24. The van der Waals surface area contributed by atoms with Crippen LogP contribution in [0.25, 0.3) is 0 Å². The highest BCUT2D eigenvalue weighted by Crippen LogP contribution is 2.31. The fraction of sp³-hybridized carbons (Fsp3) is 0.474. The Kier molecular flexibility index (Phi) is 7.99. The Morgan fingerprint density at radius 1 is 1.40 bits per heavy atom. The quantitative estimate of drug-likeness (QED) is 0.542. The molecule has 3 rings (SSSR count). The number of aryl methyl sites for hydroxylation is 1. The molecule has 0 spiro atoms. The van der Waals surface area contributed by atoms with Gasteiger partial charge in [-0.25, -0.2) is 0 Å². The second-order valence-electron chi connectivity index (χ2n) is 6.96. The first-order valence-electron chi connectivity index (χ1n) is 9.58. The fourth-order valence-corrected chi connectivity index (χ4v) is 4.27. The summed E-state index contributed by atoms with van der Waals surface area (Å²) in [5, 5.41) is 12.0. The van der Waals surface area contributed by atoms with Gasteiger partial charge in [0.05, 0.1) is 33.6 Å². The SMILES string of the molecule is CC(Sc1nnc(CCC(N)=O)n1CC1CCCO1)C(=O)Nc1cccc(Cl)c1Cl. The van der Waals surface area contributed by atoms with Crippen molar-refractivity contribution in [1.29, 1.82) is 0 Å². The van der Waals surface area contributed by atoms with Crippen LogP contribution in [0.4, 0.5) is 5.69 Å². The van der Waals surface area contributed by atoms with Gasteiger partial charge in [0.2, 0.25) is 11.8 Å². The highest BCUT2D eigenvalue weighted by atomic mass is 35.5. The zero-order chi connectivity index (χ0) is 21.7. The average Bonchev–Trinajstić information content (AvgIpc) is 3.35. The van der Waals surface area contributed by atoms with Crippen LogP contribution in [0.15, 0.2) is 23.4 Å². The number of nitrogens with zero attached hydrogens (tertiary/aromatic N) is 3. The lowest BCUT2D eigenvalue weighted by atomic mass is 10.2. The van der Waals surface area contributed by atoms with Gasteiger partial charge < -0.3 is 20.4 Å². The lowest BCUT2D eigenvalue weighted by molar-refractivity contribution is -0.118. The van der Waals surface area contributed by atoms with Crippen molar-refractivity contribution in [2.75, 3.05) is 11.9 Å². The highest BCUT2D eigenvalue weighted by molar-refractivity contribution is 8.00. The molecule has 0 radical (unpaired) electrons. The number of benzene rings is 1. The molecule has 11 heteroatoms. The van der Waals surface area contributed by atoms with Gasteiger partial charge in [-0.1, -0.05) is 41.0 Å². The van der Waals surface area contributed by atoms with E-state index < -0.39 is 11.2 Å². The van der Waals surface area contributed by atoms with Crippen LogP contribution in [-0.2, 0) is 27.3 Å². The summed E-state index contributed by atoms with van der Waals surface area (Å²) in [6, 6.07) is 5.05. The van der Waals surface area contributed by atoms with Gasteiger partial charge in [-0.3, -0.25) is 9.59 Å². The largest absolute Gasteiger partial charge is 0.376 e. The van der Waals surface area contributed by atoms with Gasteiger partial charge in [0.25, 0.3) is 0 Å². The Morgan fingerprint density at radius 2 is 2.20 bits per heavy atom. The Labute approximate surface area is 188 Å². The van der Waals surface area contributed by atoms with Crippen LogP contribution in [0.5, 0.6) is 0 Å². The fourth-order valence-electron chi connectivity index (χ4n) is 3.05. The second-order valence-corrected chi connectivity index (χ2v) is 9.05. The van der Waals surface area contributed by atoms with Gasteiger partial charge in [0, 0.05) is 19.4 Å². The number of carbonyl (C=O) groups is 2. The number of amides is 2. The number of hydrogen-bond acceptors (Lipinski definition) is 6. The molecular weight excluding hydrogens is 449 g/mol. The Balaban J connectivity index is 1.72. The Hall–Kier alpha value is -1.81. The molecule has 1 aliphatic heterocycles. The number of nitrogens with two attached hydrogens (primary N) is 1. The van der Waals surface area contributed by atoms with Gasteiger partial charge in [-0.2, -0.15) is 0 Å². The molecule has 1 fully saturated rings. The topological polar surface area (TPSA) is 112 Å². The van der Waals surface area contributed by atoms with Gasteiger partial charge in [-0.05, 0) is 31.9 Å². The van der Waals surface area contributed by atoms with Crippen molar-refractivity contribution in [3.05, 3.63) is 34.1 Å². The maximum atomic E-state index is 12.7. The van der Waals surface area contributed by atoms with E-state index in [2.05, 4.69) is 15.5 Å². The van der Waals surface area contributed by atoms with Crippen molar-refractivity contribution >= 4 is 52.5 Å². The van der Waals surface area contributed by atoms with E-state index in [1.165, 1.54) is 11.8 Å². The minimum Gasteiger partial charge on any atom is -0.376 e. The number of primary amides is 1. The number of rotatable bonds is 9. The zero-order valence-corrected chi connectivity index (χ0v) is 18.8. The molecule has 30 heavy (non-hydrogen) atoms. The van der Waals surface area contributed by atoms with Crippen LogP contribution in [0.3, 0.4) is 0 Å². The Bertz CT molecular complexity index is 918. The number of ether oxygens (including phenoxy) is 1. The number of hydrogen-bond donors (Lipinski definition) is 2. The molecule has 1 saturated heterocycles. The normalized spacial score (nSPS) is 17.1. The summed E-state index contributed by atoms with van der Waals surface area (Å²) in [6.07, 6.45) is 2.57. The molecular formula is C19H23Cl2N5O3S. The first-order chi connectivity index (χ1) is 14.3. The summed E-state index contributed by atoms with van der Waals surface area (Å²) >= 11 is 13.4. The molecule has 0 saturated carbocycles. The zero-order valence-electron chi connectivity index (χ0n) is 16.4. The van der Waals surface area contributed by atoms with Gasteiger partial charge >= 0.3 is 0 Å². The van der Waals surface area contributed by atoms with Crippen molar-refractivity contribution in [1.82, 2.24) is 14.8 Å². The van der Waals surface area contributed by atoms with Crippen molar-refractivity contribution in [2.45, 2.75) is 55.7 Å². The molecule has 1 aliphatic rings. The number of halogens is 2. The third-order valence-corrected chi connectivity index (χ3v) is 6.56. The van der Waals surface area contributed by atoms with E-state index in [0.29, 0.717) is 39.7 Å². The van der Waals surface area contributed by atoms with E-state index in [1.54, 1.807) is 25.1 Å². The minimum absolute atomic E-state index is 0.0575. The van der Waals surface area contributed by atoms with Gasteiger partial charge in [0.1, 0.15) is 5.82 Å². The summed E-state index contributed by atoms with van der Waals surface area (Å²) in [5.74, 6) is 0.00817. The molecule has 2 heterocycles. The monoisotopic (exact) mass is 471 g/mol. The standard InChI is InChI=1S/C19H23Cl2N5O3S/c1-11(18(28)23-14-6-2-5-13(20)17(14)21)30-19-25-24-16(8-7-15(22)27)26(19)10-12-4-3-9-29-12/h2,5-6,11-12H,3-4,7-10H2,1H3,(H2,22,27)(H,23,28). The first kappa shape index (κ1) is 22.9. The molecule has 162 valence electrons. The van der Waals surface area contributed by atoms with E-state index in [1.807, 2.05) is 4.57 Å². The predicted octanol–water partition coefficient (Wildman–Crippen LogP) is 3.30. The maximum Gasteiger partial charge on any atom is 0.237 e. The maximum absolute atomic E-state index is 12.7. The van der Waals surface area contributed by atoms with E-state index in [9.17, 15) is 9.59 Å². The van der Waals surface area contributed by atoms with E-state index in [-0.39, 0.29) is 18.4 Å². The minimum atomic E-state index is -0.475. The molecule has 0 aliphatic carbocycles. The molecule has 3 N–H and O–H groups in total. The third kappa shape index (κ3) is 5.87. The summed E-state index contributed by atoms with van der Waals surface area (Å²) in [7, 11) is 0. The summed E-state index contributed by atoms with van der Waals surface area (Å²) in [6.45, 7) is 3.07.